The highest BCUT2D eigenvalue weighted by atomic mass is 15.4. The van der Waals surface area contributed by atoms with Crippen molar-refractivity contribution in [2.75, 3.05) is 13.6 Å². The van der Waals surface area contributed by atoms with Crippen LogP contribution in [0.1, 0.15) is 34.1 Å². The number of hydrogen-bond acceptors (Lipinski definition) is 0. The molecule has 0 aromatic carbocycles. The van der Waals surface area contributed by atoms with Crippen molar-refractivity contribution in [3.63, 3.8) is 0 Å². The van der Waals surface area contributed by atoms with E-state index in [1.807, 2.05) is 0 Å². The smallest absolute Gasteiger partial charge is 0.0889 e. The predicted molar refractivity (Wildman–Crippen MR) is 49.4 cm³/mol. The lowest BCUT2D eigenvalue weighted by Gasteiger charge is -2.38. The van der Waals surface area contributed by atoms with Gasteiger partial charge in [-0.2, -0.15) is 0 Å². The molecule has 1 nitrogen and oxygen atoms in total. The summed E-state index contributed by atoms with van der Waals surface area (Å²) in [5.41, 5.74) is 0. The lowest BCUT2D eigenvalue weighted by Crippen LogP contribution is -2.51. The van der Waals surface area contributed by atoms with Crippen LogP contribution in [0, 0.1) is 5.92 Å². The Labute approximate surface area is 71.0 Å². The van der Waals surface area contributed by atoms with Gasteiger partial charge in [0.1, 0.15) is 0 Å². The van der Waals surface area contributed by atoms with Gasteiger partial charge in [0, 0.05) is 12.3 Å². The van der Waals surface area contributed by atoms with Crippen LogP contribution in [0.3, 0.4) is 0 Å². The lowest BCUT2D eigenvalue weighted by molar-refractivity contribution is -0.939. The first kappa shape index (κ1) is 9.05. The van der Waals surface area contributed by atoms with Crippen molar-refractivity contribution in [3.8, 4) is 0 Å². The number of rotatable bonds is 1. The Kier molecular flexibility index (Phi) is 2.29. The average molecular weight is 156 g/mol. The Balaban J connectivity index is 2.78. The summed E-state index contributed by atoms with van der Waals surface area (Å²) in [6.07, 6.45) is 1.41. The van der Waals surface area contributed by atoms with Crippen LogP contribution in [0.5, 0.6) is 0 Å². The SMILES string of the molecule is CC[N+]1(C)C(C)CC(C)C1C. The van der Waals surface area contributed by atoms with Gasteiger partial charge in [-0.25, -0.2) is 0 Å². The van der Waals surface area contributed by atoms with Crippen molar-refractivity contribution in [3.05, 3.63) is 0 Å². The van der Waals surface area contributed by atoms with E-state index in [4.69, 9.17) is 0 Å². The summed E-state index contributed by atoms with van der Waals surface area (Å²) in [5.74, 6) is 0.912. The molecule has 4 unspecified atom stereocenters. The Hall–Kier alpha value is -0.0400. The molecule has 0 aromatic heterocycles. The molecule has 0 aromatic rings. The molecule has 0 spiro atoms. The van der Waals surface area contributed by atoms with E-state index in [-0.39, 0.29) is 0 Å². The maximum atomic E-state index is 2.40. The Morgan fingerprint density at radius 1 is 1.27 bits per heavy atom. The molecule has 1 aliphatic rings. The summed E-state index contributed by atoms with van der Waals surface area (Å²) in [5, 5.41) is 0. The van der Waals surface area contributed by atoms with Crippen LogP contribution in [0.4, 0.5) is 0 Å². The standard InChI is InChI=1S/C10H22N/c1-6-11(5)9(3)7-8(2)10(11)4/h8-10H,6-7H2,1-5H3/q+1. The van der Waals surface area contributed by atoms with Crippen LogP contribution in [0.2, 0.25) is 0 Å². The molecule has 1 rings (SSSR count). The van der Waals surface area contributed by atoms with E-state index >= 15 is 0 Å². The van der Waals surface area contributed by atoms with Gasteiger partial charge in [-0.3, -0.25) is 0 Å². The van der Waals surface area contributed by atoms with Gasteiger partial charge < -0.3 is 4.48 Å². The minimum atomic E-state index is 0.856. The highest BCUT2D eigenvalue weighted by Crippen LogP contribution is 2.34. The van der Waals surface area contributed by atoms with Crippen molar-refractivity contribution in [2.45, 2.75) is 46.2 Å². The van der Waals surface area contributed by atoms with Gasteiger partial charge in [-0.15, -0.1) is 0 Å². The van der Waals surface area contributed by atoms with Crippen LogP contribution in [-0.4, -0.2) is 30.2 Å². The monoisotopic (exact) mass is 156 g/mol. The number of quaternary nitrogens is 1. The van der Waals surface area contributed by atoms with Gasteiger partial charge in [0.2, 0.25) is 0 Å². The van der Waals surface area contributed by atoms with Crippen LogP contribution < -0.4 is 0 Å². The van der Waals surface area contributed by atoms with Crippen LogP contribution in [-0.2, 0) is 0 Å². The molecule has 1 heterocycles. The van der Waals surface area contributed by atoms with Crippen molar-refractivity contribution < 1.29 is 4.48 Å². The maximum Gasteiger partial charge on any atom is 0.0889 e. The molecule has 0 N–H and O–H groups in total. The van der Waals surface area contributed by atoms with E-state index in [9.17, 15) is 0 Å². The van der Waals surface area contributed by atoms with Gasteiger partial charge in [0.05, 0.1) is 25.7 Å². The molecule has 0 aliphatic carbocycles. The highest BCUT2D eigenvalue weighted by Gasteiger charge is 2.44. The van der Waals surface area contributed by atoms with E-state index < -0.39 is 0 Å². The fourth-order valence-electron chi connectivity index (χ4n) is 2.56. The molecule has 1 heteroatoms. The third-order valence-electron chi connectivity index (χ3n) is 4.16. The molecule has 1 aliphatic heterocycles. The summed E-state index contributed by atoms with van der Waals surface area (Å²) in [6, 6.07) is 1.72. The lowest BCUT2D eigenvalue weighted by atomic mass is 10.0. The van der Waals surface area contributed by atoms with E-state index in [1.54, 1.807) is 0 Å². The molecule has 0 bridgehead atoms. The summed E-state index contributed by atoms with van der Waals surface area (Å²) < 4.78 is 1.28. The Morgan fingerprint density at radius 3 is 2.00 bits per heavy atom. The van der Waals surface area contributed by atoms with Gasteiger partial charge >= 0.3 is 0 Å². The number of likely N-dealkylation sites (tertiary alicyclic amines) is 1. The Bertz CT molecular complexity index is 144. The van der Waals surface area contributed by atoms with E-state index in [0.29, 0.717) is 0 Å². The van der Waals surface area contributed by atoms with E-state index in [1.165, 1.54) is 17.4 Å². The van der Waals surface area contributed by atoms with Crippen LogP contribution >= 0.6 is 0 Å². The van der Waals surface area contributed by atoms with Gasteiger partial charge in [0.25, 0.3) is 0 Å². The molecule has 0 radical (unpaired) electrons. The van der Waals surface area contributed by atoms with Crippen LogP contribution in [0.25, 0.3) is 0 Å². The zero-order valence-corrected chi connectivity index (χ0v) is 8.59. The van der Waals surface area contributed by atoms with E-state index in [2.05, 4.69) is 34.7 Å². The average Bonchev–Trinajstić information content (AvgIpc) is 2.16. The van der Waals surface area contributed by atoms with Gasteiger partial charge in [0.15, 0.2) is 0 Å². The molecule has 0 saturated carbocycles. The number of nitrogens with zero attached hydrogens (tertiary/aromatic N) is 1. The molecule has 11 heavy (non-hydrogen) atoms. The Morgan fingerprint density at radius 2 is 1.82 bits per heavy atom. The molecule has 1 saturated heterocycles. The molecule has 1 fully saturated rings. The first-order valence-electron chi connectivity index (χ1n) is 4.87. The second-order valence-corrected chi connectivity index (χ2v) is 4.47. The fourth-order valence-corrected chi connectivity index (χ4v) is 2.56. The van der Waals surface area contributed by atoms with Crippen LogP contribution in [0.15, 0.2) is 0 Å². The largest absolute Gasteiger partial charge is 0.322 e. The minimum absolute atomic E-state index is 0.856. The van der Waals surface area contributed by atoms with Gasteiger partial charge in [-0.05, 0) is 20.8 Å². The minimum Gasteiger partial charge on any atom is -0.322 e. The molecule has 66 valence electrons. The second kappa shape index (κ2) is 2.78. The first-order valence-corrected chi connectivity index (χ1v) is 4.87. The van der Waals surface area contributed by atoms with E-state index in [0.717, 1.165) is 18.0 Å². The van der Waals surface area contributed by atoms with Gasteiger partial charge in [-0.1, -0.05) is 6.92 Å². The van der Waals surface area contributed by atoms with Crippen molar-refractivity contribution >= 4 is 0 Å². The molecular formula is C10H22N+. The maximum absolute atomic E-state index is 2.40. The fraction of sp³-hybridized carbons (Fsp3) is 1.00. The van der Waals surface area contributed by atoms with Crippen molar-refractivity contribution in [1.82, 2.24) is 0 Å². The topological polar surface area (TPSA) is 0 Å². The molecule has 4 atom stereocenters. The summed E-state index contributed by atoms with van der Waals surface area (Å²) in [6.45, 7) is 10.8. The number of hydrogen-bond donors (Lipinski definition) is 0. The first-order chi connectivity index (χ1) is 5.02. The molecular weight excluding hydrogens is 134 g/mol. The van der Waals surface area contributed by atoms with Crippen molar-refractivity contribution in [1.29, 1.82) is 0 Å². The quantitative estimate of drug-likeness (QED) is 0.511. The summed E-state index contributed by atoms with van der Waals surface area (Å²) >= 11 is 0. The third kappa shape index (κ3) is 1.20. The zero-order chi connectivity index (χ0) is 8.65. The normalized spacial score (nSPS) is 51.5. The summed E-state index contributed by atoms with van der Waals surface area (Å²) in [4.78, 5) is 0. The second-order valence-electron chi connectivity index (χ2n) is 4.47. The third-order valence-corrected chi connectivity index (χ3v) is 4.16. The summed E-state index contributed by atoms with van der Waals surface area (Å²) in [7, 11) is 2.40. The zero-order valence-electron chi connectivity index (χ0n) is 8.59. The molecule has 0 amide bonds. The van der Waals surface area contributed by atoms with Crippen molar-refractivity contribution in [2.24, 2.45) is 5.92 Å². The predicted octanol–water partition coefficient (Wildman–Crippen LogP) is 2.27. The highest BCUT2D eigenvalue weighted by molar-refractivity contribution is 4.75.